The molecule has 0 radical (unpaired) electrons. The summed E-state index contributed by atoms with van der Waals surface area (Å²) in [4.78, 5) is 39.7. The van der Waals surface area contributed by atoms with Crippen LogP contribution in [-0.4, -0.2) is 46.4 Å². The summed E-state index contributed by atoms with van der Waals surface area (Å²) in [5.41, 5.74) is 3.46. The number of benzene rings is 3. The number of ether oxygens (including phenoxy) is 3. The van der Waals surface area contributed by atoms with Gasteiger partial charge in [-0.3, -0.25) is 19.8 Å². The quantitative estimate of drug-likeness (QED) is 0.266. The number of H-pyrrole nitrogens is 2. The van der Waals surface area contributed by atoms with Gasteiger partial charge in [-0.05, 0) is 55.8 Å². The van der Waals surface area contributed by atoms with Crippen LogP contribution in [0.3, 0.4) is 0 Å². The first-order valence-corrected chi connectivity index (χ1v) is 13.0. The van der Waals surface area contributed by atoms with Gasteiger partial charge in [0.2, 0.25) is 0 Å². The summed E-state index contributed by atoms with van der Waals surface area (Å²) in [6.07, 6.45) is 0. The van der Waals surface area contributed by atoms with Crippen LogP contribution in [0.4, 0.5) is 0 Å². The van der Waals surface area contributed by atoms with Crippen LogP contribution in [0, 0.1) is 13.8 Å². The maximum atomic E-state index is 14.0. The molecule has 210 valence electrons. The molecule has 0 aliphatic rings. The molecule has 2 N–H and O–H groups in total. The first-order chi connectivity index (χ1) is 19.8. The van der Waals surface area contributed by atoms with Crippen LogP contribution in [0.5, 0.6) is 11.5 Å². The Hall–Kier alpha value is -5.25. The lowest BCUT2D eigenvalue weighted by Crippen LogP contribution is -2.25. The molecule has 0 atom stereocenters. The van der Waals surface area contributed by atoms with E-state index >= 15 is 0 Å². The van der Waals surface area contributed by atoms with Gasteiger partial charge in [0.25, 0.3) is 11.1 Å². The molecule has 0 unspecified atom stereocenters. The molecule has 0 fully saturated rings. The molecule has 0 saturated carbocycles. The Morgan fingerprint density at radius 3 is 1.73 bits per heavy atom. The number of rotatable bonds is 9. The molecule has 0 aliphatic carbocycles. The lowest BCUT2D eigenvalue weighted by molar-refractivity contribution is -0.142. The maximum Gasteiger partial charge on any atom is 0.343 e. The zero-order valence-electron chi connectivity index (χ0n) is 23.1. The van der Waals surface area contributed by atoms with E-state index in [1.165, 1.54) is 23.6 Å². The van der Waals surface area contributed by atoms with Crippen molar-refractivity contribution in [2.75, 3.05) is 20.8 Å². The van der Waals surface area contributed by atoms with Crippen LogP contribution < -0.4 is 20.6 Å². The number of aryl methyl sites for hydroxylation is 2. The zero-order chi connectivity index (χ0) is 29.1. The minimum atomic E-state index is -0.763. The number of carbonyl (C=O) groups excluding carboxylic acids is 1. The van der Waals surface area contributed by atoms with Gasteiger partial charge in [0.1, 0.15) is 0 Å². The summed E-state index contributed by atoms with van der Waals surface area (Å²) >= 11 is 0. The number of para-hydroxylation sites is 2. The van der Waals surface area contributed by atoms with E-state index in [9.17, 15) is 14.4 Å². The highest BCUT2D eigenvalue weighted by Crippen LogP contribution is 2.37. The Kier molecular flexibility index (Phi) is 7.64. The van der Waals surface area contributed by atoms with Gasteiger partial charge in [-0.15, -0.1) is 0 Å². The van der Waals surface area contributed by atoms with Gasteiger partial charge in [0, 0.05) is 17.3 Å². The Morgan fingerprint density at radius 2 is 1.27 bits per heavy atom. The molecular weight excluding hydrogens is 524 g/mol. The first-order valence-electron chi connectivity index (χ1n) is 13.0. The second kappa shape index (κ2) is 11.5. The molecule has 5 aromatic rings. The van der Waals surface area contributed by atoms with E-state index in [0.717, 1.165) is 0 Å². The van der Waals surface area contributed by atoms with E-state index in [2.05, 4.69) is 14.9 Å². The van der Waals surface area contributed by atoms with Crippen molar-refractivity contribution in [3.8, 4) is 22.9 Å². The monoisotopic (exact) mass is 554 g/mol. The lowest BCUT2D eigenvalue weighted by Gasteiger charge is -2.18. The van der Waals surface area contributed by atoms with Crippen molar-refractivity contribution in [3.63, 3.8) is 0 Å². The number of aromatic amines is 2. The van der Waals surface area contributed by atoms with Crippen molar-refractivity contribution in [3.05, 3.63) is 128 Å². The second-order valence-electron chi connectivity index (χ2n) is 9.46. The Labute approximate surface area is 235 Å². The largest absolute Gasteiger partial charge is 0.493 e. The third kappa shape index (κ3) is 5.19. The van der Waals surface area contributed by atoms with E-state index in [1.54, 1.807) is 18.2 Å². The minimum Gasteiger partial charge on any atom is -0.493 e. The van der Waals surface area contributed by atoms with E-state index in [0.29, 0.717) is 51.0 Å². The zero-order valence-corrected chi connectivity index (χ0v) is 23.1. The summed E-state index contributed by atoms with van der Waals surface area (Å²) < 4.78 is 18.8. The fourth-order valence-corrected chi connectivity index (χ4v) is 4.97. The summed E-state index contributed by atoms with van der Waals surface area (Å²) in [7, 11) is 2.76. The average Bonchev–Trinajstić information content (AvgIpc) is 3.47. The first kappa shape index (κ1) is 27.3. The van der Waals surface area contributed by atoms with Crippen molar-refractivity contribution in [1.29, 1.82) is 0 Å². The summed E-state index contributed by atoms with van der Waals surface area (Å²) in [5, 5.41) is 6.37. The SMILES string of the molecule is COC(=O)COc1ccc(C(c2c(C)[nH]n(-c3ccccc3)c2=O)c2c(C)[nH]n(-c3ccccc3)c2=O)cc1OC. The van der Waals surface area contributed by atoms with Crippen LogP contribution in [0.2, 0.25) is 0 Å². The van der Waals surface area contributed by atoms with Gasteiger partial charge in [0.15, 0.2) is 18.1 Å². The van der Waals surface area contributed by atoms with E-state index in [1.807, 2.05) is 74.5 Å². The number of nitrogens with zero attached hydrogens (tertiary/aromatic N) is 2. The van der Waals surface area contributed by atoms with Gasteiger partial charge in [0.05, 0.1) is 36.7 Å². The standard InChI is InChI=1S/C31H30N4O6/c1-19-27(30(37)34(32-19)22-11-7-5-8-12-22)29(21-15-16-24(25(17-21)39-3)41-18-26(36)40-4)28-20(2)33-35(31(28)38)23-13-9-6-10-14-23/h5-17,29,32-33H,18H2,1-4H3. The number of hydrogen-bond acceptors (Lipinski definition) is 6. The van der Waals surface area contributed by atoms with Crippen molar-refractivity contribution in [2.24, 2.45) is 0 Å². The van der Waals surface area contributed by atoms with E-state index in [4.69, 9.17) is 9.47 Å². The van der Waals surface area contributed by atoms with Crippen molar-refractivity contribution < 1.29 is 19.0 Å². The highest BCUT2D eigenvalue weighted by molar-refractivity contribution is 5.71. The molecular formula is C31H30N4O6. The Morgan fingerprint density at radius 1 is 0.756 bits per heavy atom. The second-order valence-corrected chi connectivity index (χ2v) is 9.46. The molecule has 5 rings (SSSR count). The van der Waals surface area contributed by atoms with Crippen LogP contribution in [-0.2, 0) is 9.53 Å². The Balaban J connectivity index is 1.72. The lowest BCUT2D eigenvalue weighted by atomic mass is 9.85. The molecule has 2 aromatic heterocycles. The number of esters is 1. The van der Waals surface area contributed by atoms with E-state index < -0.39 is 11.9 Å². The topological polar surface area (TPSA) is 120 Å². The summed E-state index contributed by atoms with van der Waals surface area (Å²) in [6, 6.07) is 23.6. The molecule has 41 heavy (non-hydrogen) atoms. The third-order valence-electron chi connectivity index (χ3n) is 6.93. The number of nitrogens with one attached hydrogen (secondary N) is 2. The van der Waals surface area contributed by atoms with Crippen molar-refractivity contribution in [1.82, 2.24) is 19.6 Å². The van der Waals surface area contributed by atoms with Gasteiger partial charge in [-0.2, -0.15) is 0 Å². The highest BCUT2D eigenvalue weighted by Gasteiger charge is 2.31. The number of aromatic nitrogens is 4. The minimum absolute atomic E-state index is 0.282. The molecule has 0 spiro atoms. The van der Waals surface area contributed by atoms with Crippen LogP contribution in [0.1, 0.15) is 34.0 Å². The third-order valence-corrected chi connectivity index (χ3v) is 6.93. The van der Waals surface area contributed by atoms with Crippen LogP contribution in [0.25, 0.3) is 11.4 Å². The molecule has 3 aromatic carbocycles. The van der Waals surface area contributed by atoms with E-state index in [-0.39, 0.29) is 17.7 Å². The normalized spacial score (nSPS) is 11.0. The Bertz CT molecular complexity index is 1700. The fraction of sp³-hybridized carbons (Fsp3) is 0.194. The molecule has 0 bridgehead atoms. The fourth-order valence-electron chi connectivity index (χ4n) is 4.97. The van der Waals surface area contributed by atoms with Crippen molar-refractivity contribution >= 4 is 5.97 Å². The molecule has 2 heterocycles. The molecule has 10 heteroatoms. The molecule has 0 aliphatic heterocycles. The van der Waals surface area contributed by atoms with Gasteiger partial charge in [-0.25, -0.2) is 14.2 Å². The summed E-state index contributed by atoms with van der Waals surface area (Å²) in [5.74, 6) is -0.645. The summed E-state index contributed by atoms with van der Waals surface area (Å²) in [6.45, 7) is 3.32. The predicted octanol–water partition coefficient (Wildman–Crippen LogP) is 4.00. The number of hydrogen-bond donors (Lipinski definition) is 2. The molecule has 0 saturated heterocycles. The number of methoxy groups -OCH3 is 2. The van der Waals surface area contributed by atoms with Gasteiger partial charge in [-0.1, -0.05) is 42.5 Å². The average molecular weight is 555 g/mol. The van der Waals surface area contributed by atoms with Crippen LogP contribution in [0.15, 0.2) is 88.5 Å². The molecule has 0 amide bonds. The van der Waals surface area contributed by atoms with Gasteiger partial charge < -0.3 is 14.2 Å². The van der Waals surface area contributed by atoms with Crippen LogP contribution >= 0.6 is 0 Å². The number of carbonyl (C=O) groups is 1. The van der Waals surface area contributed by atoms with Gasteiger partial charge >= 0.3 is 5.97 Å². The maximum absolute atomic E-state index is 14.0. The molecule has 10 nitrogen and oxygen atoms in total. The highest BCUT2D eigenvalue weighted by atomic mass is 16.6. The predicted molar refractivity (Wildman–Crippen MR) is 154 cm³/mol. The van der Waals surface area contributed by atoms with Crippen molar-refractivity contribution in [2.45, 2.75) is 19.8 Å². The smallest absolute Gasteiger partial charge is 0.343 e.